The molecule has 2 heterocycles. The molecule has 5 nitrogen and oxygen atoms in total. The van der Waals surface area contributed by atoms with Gasteiger partial charge < -0.3 is 5.11 Å². The van der Waals surface area contributed by atoms with Gasteiger partial charge in [0.1, 0.15) is 0 Å². The zero-order chi connectivity index (χ0) is 18.7. The number of aliphatic hydroxyl groups is 1. The predicted octanol–water partition coefficient (Wildman–Crippen LogP) is 2.65. The molecular formula is C18H22F3N3O2. The minimum absolute atomic E-state index is 0.0532. The molecule has 0 bridgehead atoms. The molecule has 1 N–H and O–H groups in total. The van der Waals surface area contributed by atoms with Crippen LogP contribution in [0.15, 0.2) is 29.3 Å². The molecule has 8 heteroatoms. The average molecular weight is 369 g/mol. The van der Waals surface area contributed by atoms with Gasteiger partial charge in [-0.05, 0) is 44.0 Å². The van der Waals surface area contributed by atoms with E-state index in [1.165, 1.54) is 17.0 Å². The zero-order valence-electron chi connectivity index (χ0n) is 14.4. The molecule has 1 aromatic heterocycles. The van der Waals surface area contributed by atoms with Crippen molar-refractivity contribution in [2.24, 2.45) is 0 Å². The first-order valence-corrected chi connectivity index (χ1v) is 8.81. The van der Waals surface area contributed by atoms with Crippen LogP contribution in [0.1, 0.15) is 31.2 Å². The fraction of sp³-hybridized carbons (Fsp3) is 0.556. The molecule has 3 rings (SSSR count). The Morgan fingerprint density at radius 2 is 2.04 bits per heavy atom. The van der Waals surface area contributed by atoms with Crippen molar-refractivity contribution >= 4 is 10.9 Å². The maximum atomic E-state index is 12.8. The first kappa shape index (κ1) is 18.8. The van der Waals surface area contributed by atoms with E-state index in [1.807, 2.05) is 0 Å². The van der Waals surface area contributed by atoms with Crippen LogP contribution in [0, 0.1) is 0 Å². The van der Waals surface area contributed by atoms with E-state index < -0.39 is 11.7 Å². The van der Waals surface area contributed by atoms with Gasteiger partial charge in [-0.15, -0.1) is 0 Å². The number of rotatable bonds is 5. The molecule has 0 spiro atoms. The highest BCUT2D eigenvalue weighted by Gasteiger charge is 2.30. The lowest BCUT2D eigenvalue weighted by Crippen LogP contribution is -2.42. The number of aromatic nitrogens is 2. The highest BCUT2D eigenvalue weighted by Crippen LogP contribution is 2.30. The molecule has 0 amide bonds. The maximum Gasteiger partial charge on any atom is 0.416 e. The van der Waals surface area contributed by atoms with Gasteiger partial charge in [-0.25, -0.2) is 4.98 Å². The van der Waals surface area contributed by atoms with E-state index in [2.05, 4.69) is 9.88 Å². The summed E-state index contributed by atoms with van der Waals surface area (Å²) < 4.78 is 39.7. The number of piperidine rings is 1. The first-order valence-electron chi connectivity index (χ1n) is 8.81. The van der Waals surface area contributed by atoms with Gasteiger partial charge in [-0.3, -0.25) is 14.3 Å². The molecule has 0 radical (unpaired) electrons. The number of halogens is 3. The summed E-state index contributed by atoms with van der Waals surface area (Å²) in [5, 5.41) is 9.62. The van der Waals surface area contributed by atoms with E-state index in [0.29, 0.717) is 13.0 Å². The van der Waals surface area contributed by atoms with E-state index in [9.17, 15) is 23.1 Å². The van der Waals surface area contributed by atoms with Gasteiger partial charge in [0, 0.05) is 19.1 Å². The SMILES string of the molecule is O=c1c2ccc(C(F)(F)F)cc2ncn1CCCN1CCCC[C@H]1CO. The standard InChI is InChI=1S/C18H22F3N3O2/c19-18(20,21)13-5-6-15-16(10-13)22-12-24(17(15)26)9-3-8-23-7-2-1-4-14(23)11-25/h5-6,10,12,14,25H,1-4,7-9,11H2/t14-/m0/s1. The second-order valence-corrected chi connectivity index (χ2v) is 6.69. The third-order valence-corrected chi connectivity index (χ3v) is 4.96. The van der Waals surface area contributed by atoms with Crippen molar-refractivity contribution in [2.75, 3.05) is 19.7 Å². The lowest BCUT2D eigenvalue weighted by Gasteiger charge is -2.34. The molecule has 1 aliphatic heterocycles. The quantitative estimate of drug-likeness (QED) is 0.880. The van der Waals surface area contributed by atoms with Gasteiger partial charge in [0.2, 0.25) is 0 Å². The van der Waals surface area contributed by atoms with Crippen LogP contribution in [0.4, 0.5) is 13.2 Å². The average Bonchev–Trinajstić information content (AvgIpc) is 2.63. The van der Waals surface area contributed by atoms with Crippen molar-refractivity contribution in [3.63, 3.8) is 0 Å². The van der Waals surface area contributed by atoms with E-state index in [1.54, 1.807) is 0 Å². The number of nitrogens with zero attached hydrogens (tertiary/aromatic N) is 3. The highest BCUT2D eigenvalue weighted by atomic mass is 19.4. The number of likely N-dealkylation sites (tertiary alicyclic amines) is 1. The van der Waals surface area contributed by atoms with Crippen molar-refractivity contribution in [1.29, 1.82) is 0 Å². The molecular weight excluding hydrogens is 347 g/mol. The largest absolute Gasteiger partial charge is 0.416 e. The molecule has 142 valence electrons. The summed E-state index contributed by atoms with van der Waals surface area (Å²) >= 11 is 0. The van der Waals surface area contributed by atoms with E-state index in [4.69, 9.17) is 0 Å². The van der Waals surface area contributed by atoms with Crippen LogP contribution < -0.4 is 5.56 Å². The number of aryl methyl sites for hydroxylation is 1. The van der Waals surface area contributed by atoms with Gasteiger partial charge in [0.05, 0.1) is 29.4 Å². The Bertz CT molecular complexity index is 819. The third kappa shape index (κ3) is 4.07. The van der Waals surface area contributed by atoms with Crippen LogP contribution in [-0.4, -0.2) is 45.3 Å². The zero-order valence-corrected chi connectivity index (χ0v) is 14.4. The molecule has 0 saturated carbocycles. The van der Waals surface area contributed by atoms with Gasteiger partial charge in [0.25, 0.3) is 5.56 Å². The first-order chi connectivity index (χ1) is 12.4. The Labute approximate surface area is 149 Å². The van der Waals surface area contributed by atoms with E-state index >= 15 is 0 Å². The van der Waals surface area contributed by atoms with Crippen molar-refractivity contribution in [3.8, 4) is 0 Å². The monoisotopic (exact) mass is 369 g/mol. The molecule has 1 saturated heterocycles. The molecule has 1 fully saturated rings. The fourth-order valence-electron chi connectivity index (χ4n) is 3.50. The van der Waals surface area contributed by atoms with Crippen molar-refractivity contribution in [1.82, 2.24) is 14.5 Å². The topological polar surface area (TPSA) is 58.4 Å². The lowest BCUT2D eigenvalue weighted by molar-refractivity contribution is -0.137. The van der Waals surface area contributed by atoms with Gasteiger partial charge in [0.15, 0.2) is 0 Å². The molecule has 1 aromatic carbocycles. The Morgan fingerprint density at radius 3 is 2.77 bits per heavy atom. The minimum atomic E-state index is -4.46. The van der Waals surface area contributed by atoms with E-state index in [-0.39, 0.29) is 29.1 Å². The normalized spacial score (nSPS) is 19.2. The Kier molecular flexibility index (Phi) is 5.62. The van der Waals surface area contributed by atoms with Crippen LogP contribution in [-0.2, 0) is 12.7 Å². The van der Waals surface area contributed by atoms with Crippen LogP contribution in [0.5, 0.6) is 0 Å². The Morgan fingerprint density at radius 1 is 1.23 bits per heavy atom. The van der Waals surface area contributed by atoms with Crippen LogP contribution in [0.25, 0.3) is 10.9 Å². The van der Waals surface area contributed by atoms with Gasteiger partial charge in [-0.2, -0.15) is 13.2 Å². The van der Waals surface area contributed by atoms with Gasteiger partial charge >= 0.3 is 6.18 Å². The smallest absolute Gasteiger partial charge is 0.395 e. The van der Waals surface area contributed by atoms with E-state index in [0.717, 1.165) is 44.5 Å². The number of aliphatic hydroxyl groups excluding tert-OH is 1. The molecule has 26 heavy (non-hydrogen) atoms. The molecule has 0 unspecified atom stereocenters. The summed E-state index contributed by atoms with van der Waals surface area (Å²) in [4.78, 5) is 18.7. The van der Waals surface area contributed by atoms with Crippen molar-refractivity contribution in [2.45, 2.75) is 44.4 Å². The third-order valence-electron chi connectivity index (χ3n) is 4.96. The summed E-state index contributed by atoms with van der Waals surface area (Å²) in [6, 6.07) is 3.18. The van der Waals surface area contributed by atoms with Crippen LogP contribution >= 0.6 is 0 Å². The molecule has 1 atom stereocenters. The van der Waals surface area contributed by atoms with Crippen molar-refractivity contribution < 1.29 is 18.3 Å². The summed E-state index contributed by atoms with van der Waals surface area (Å²) in [5.74, 6) is 0. The molecule has 0 aliphatic carbocycles. The highest BCUT2D eigenvalue weighted by molar-refractivity contribution is 5.78. The summed E-state index contributed by atoms with van der Waals surface area (Å²) in [5.41, 5.74) is -1.09. The summed E-state index contributed by atoms with van der Waals surface area (Å²) in [6.07, 6.45) is 0.776. The fourth-order valence-corrected chi connectivity index (χ4v) is 3.50. The van der Waals surface area contributed by atoms with Gasteiger partial charge in [-0.1, -0.05) is 6.42 Å². The summed E-state index contributed by atoms with van der Waals surface area (Å²) in [7, 11) is 0. The lowest BCUT2D eigenvalue weighted by atomic mass is 10.0. The molecule has 2 aromatic rings. The van der Waals surface area contributed by atoms with Crippen molar-refractivity contribution in [3.05, 3.63) is 40.4 Å². The number of hydrogen-bond donors (Lipinski definition) is 1. The maximum absolute atomic E-state index is 12.8. The number of fused-ring (bicyclic) bond motifs is 1. The second kappa shape index (κ2) is 7.75. The molecule has 1 aliphatic rings. The second-order valence-electron chi connectivity index (χ2n) is 6.69. The Hall–Kier alpha value is -1.93. The number of hydrogen-bond acceptors (Lipinski definition) is 4. The minimum Gasteiger partial charge on any atom is -0.395 e. The van der Waals surface area contributed by atoms with Crippen LogP contribution in [0.3, 0.4) is 0 Å². The predicted molar refractivity (Wildman–Crippen MR) is 91.9 cm³/mol. The number of benzene rings is 1. The van der Waals surface area contributed by atoms with Crippen LogP contribution in [0.2, 0.25) is 0 Å². The summed E-state index contributed by atoms with van der Waals surface area (Å²) in [6.45, 7) is 2.29. The number of alkyl halides is 3. The Balaban J connectivity index is 1.70.